The first-order valence-electron chi connectivity index (χ1n) is 9.85. The lowest BCUT2D eigenvalue weighted by molar-refractivity contribution is -0.120. The Hall–Kier alpha value is -2.76. The maximum Gasteiger partial charge on any atom is 0.387 e. The molecule has 174 valence electrons. The highest BCUT2D eigenvalue weighted by atomic mass is 32.2. The third-order valence-electron chi connectivity index (χ3n) is 4.85. The number of amides is 1. The van der Waals surface area contributed by atoms with E-state index in [1.165, 1.54) is 29.6 Å². The molecule has 0 radical (unpaired) electrons. The van der Waals surface area contributed by atoms with E-state index in [-0.39, 0.29) is 42.4 Å². The Labute approximate surface area is 185 Å². The molecule has 1 amide bonds. The normalized spacial score (nSPS) is 14.9. The molecule has 1 heterocycles. The topological polar surface area (TPSA) is 94.2 Å². The van der Waals surface area contributed by atoms with E-state index in [4.69, 9.17) is 9.47 Å². The van der Waals surface area contributed by atoms with Crippen molar-refractivity contribution < 1.29 is 36.2 Å². The first-order valence-corrected chi connectivity index (χ1v) is 11.3. The summed E-state index contributed by atoms with van der Waals surface area (Å²) in [6.45, 7) is -1.91. The van der Waals surface area contributed by atoms with Gasteiger partial charge in [-0.1, -0.05) is 24.3 Å². The standard InChI is InChI=1S/C21H24F2N2O6S/c1-29-18-7-6-15(12-19(18)32(27,28)25-8-10-30-11-9-25)13-20(26)24-14-16-4-2-3-5-17(16)31-21(22)23/h2-7,12,21H,8-11,13-14H2,1H3,(H,24,26). The molecule has 11 heteroatoms. The summed E-state index contributed by atoms with van der Waals surface area (Å²) in [6.07, 6.45) is -0.104. The van der Waals surface area contributed by atoms with Crippen molar-refractivity contribution in [2.75, 3.05) is 33.4 Å². The van der Waals surface area contributed by atoms with Crippen LogP contribution in [-0.2, 0) is 32.5 Å². The van der Waals surface area contributed by atoms with E-state index < -0.39 is 22.5 Å². The summed E-state index contributed by atoms with van der Waals surface area (Å²) < 4.78 is 67.4. The summed E-state index contributed by atoms with van der Waals surface area (Å²) in [7, 11) is -2.45. The van der Waals surface area contributed by atoms with Crippen LogP contribution in [0.3, 0.4) is 0 Å². The number of halogens is 2. The molecule has 0 atom stereocenters. The number of methoxy groups -OCH3 is 1. The number of benzene rings is 2. The van der Waals surface area contributed by atoms with Crippen molar-refractivity contribution >= 4 is 15.9 Å². The van der Waals surface area contributed by atoms with Gasteiger partial charge in [0.1, 0.15) is 16.4 Å². The second kappa shape index (κ2) is 10.7. The molecule has 0 aromatic heterocycles. The second-order valence-corrected chi connectivity index (χ2v) is 8.85. The van der Waals surface area contributed by atoms with Gasteiger partial charge < -0.3 is 19.5 Å². The molecule has 0 bridgehead atoms. The molecule has 0 spiro atoms. The monoisotopic (exact) mass is 470 g/mol. The van der Waals surface area contributed by atoms with E-state index in [1.54, 1.807) is 24.3 Å². The molecule has 1 fully saturated rings. The number of ether oxygens (including phenoxy) is 3. The molecular formula is C21H24F2N2O6S. The Kier molecular flexibility index (Phi) is 7.99. The fourth-order valence-electron chi connectivity index (χ4n) is 3.26. The van der Waals surface area contributed by atoms with Crippen molar-refractivity contribution in [2.24, 2.45) is 0 Å². The minimum Gasteiger partial charge on any atom is -0.495 e. The average Bonchev–Trinajstić information content (AvgIpc) is 2.78. The Morgan fingerprint density at radius 2 is 1.88 bits per heavy atom. The number of sulfonamides is 1. The van der Waals surface area contributed by atoms with Crippen LogP contribution in [0.1, 0.15) is 11.1 Å². The highest BCUT2D eigenvalue weighted by Crippen LogP contribution is 2.28. The van der Waals surface area contributed by atoms with Gasteiger partial charge in [0.15, 0.2) is 0 Å². The molecule has 0 saturated carbocycles. The van der Waals surface area contributed by atoms with Crippen LogP contribution in [0.2, 0.25) is 0 Å². The Morgan fingerprint density at radius 1 is 1.16 bits per heavy atom. The molecule has 0 aliphatic carbocycles. The fourth-order valence-corrected chi connectivity index (χ4v) is 4.88. The quantitative estimate of drug-likeness (QED) is 0.604. The summed E-state index contributed by atoms with van der Waals surface area (Å²) in [6, 6.07) is 10.7. The number of hydrogen-bond acceptors (Lipinski definition) is 6. The zero-order valence-electron chi connectivity index (χ0n) is 17.4. The van der Waals surface area contributed by atoms with Crippen molar-refractivity contribution in [1.29, 1.82) is 0 Å². The number of rotatable bonds is 9. The number of nitrogens with zero attached hydrogens (tertiary/aromatic N) is 1. The summed E-state index contributed by atoms with van der Waals surface area (Å²) in [5.41, 5.74) is 0.860. The Balaban J connectivity index is 1.71. The number of morpholine rings is 1. The van der Waals surface area contributed by atoms with Gasteiger partial charge in [-0.3, -0.25) is 4.79 Å². The van der Waals surface area contributed by atoms with Crippen LogP contribution in [0.4, 0.5) is 8.78 Å². The van der Waals surface area contributed by atoms with Gasteiger partial charge in [-0.25, -0.2) is 8.42 Å². The lowest BCUT2D eigenvalue weighted by Gasteiger charge is -2.26. The zero-order chi connectivity index (χ0) is 23.1. The van der Waals surface area contributed by atoms with Crippen LogP contribution in [0.15, 0.2) is 47.4 Å². The number of nitrogens with one attached hydrogen (secondary N) is 1. The van der Waals surface area contributed by atoms with Gasteiger partial charge in [-0.15, -0.1) is 0 Å². The summed E-state index contributed by atoms with van der Waals surface area (Å²) in [5, 5.41) is 2.64. The lowest BCUT2D eigenvalue weighted by atomic mass is 10.1. The number of alkyl halides is 2. The van der Waals surface area contributed by atoms with Crippen LogP contribution in [0, 0.1) is 0 Å². The van der Waals surface area contributed by atoms with Crippen LogP contribution in [0.25, 0.3) is 0 Å². The van der Waals surface area contributed by atoms with Gasteiger partial charge in [-0.2, -0.15) is 13.1 Å². The molecule has 3 rings (SSSR count). The third-order valence-corrected chi connectivity index (χ3v) is 6.77. The van der Waals surface area contributed by atoms with Gasteiger partial charge in [0.05, 0.1) is 26.7 Å². The minimum absolute atomic E-state index is 0.0170. The summed E-state index contributed by atoms with van der Waals surface area (Å²) >= 11 is 0. The minimum atomic E-state index is -3.83. The predicted octanol–water partition coefficient (Wildman–Crippen LogP) is 2.18. The van der Waals surface area contributed by atoms with E-state index in [9.17, 15) is 22.0 Å². The highest BCUT2D eigenvalue weighted by molar-refractivity contribution is 7.89. The number of carbonyl (C=O) groups excluding carboxylic acids is 1. The molecule has 32 heavy (non-hydrogen) atoms. The molecule has 1 aliphatic heterocycles. The van der Waals surface area contributed by atoms with E-state index in [0.29, 0.717) is 24.3 Å². The van der Waals surface area contributed by atoms with E-state index >= 15 is 0 Å². The second-order valence-electron chi connectivity index (χ2n) is 6.94. The first-order chi connectivity index (χ1) is 15.3. The largest absolute Gasteiger partial charge is 0.495 e. The summed E-state index contributed by atoms with van der Waals surface area (Å²) in [5.74, 6) is -0.249. The van der Waals surface area contributed by atoms with Crippen molar-refractivity contribution in [3.05, 3.63) is 53.6 Å². The zero-order valence-corrected chi connectivity index (χ0v) is 18.2. The number of carbonyl (C=O) groups is 1. The molecule has 2 aromatic carbocycles. The predicted molar refractivity (Wildman–Crippen MR) is 111 cm³/mol. The maximum absolute atomic E-state index is 13.1. The van der Waals surface area contributed by atoms with E-state index in [1.807, 2.05) is 0 Å². The Bertz CT molecular complexity index is 1040. The van der Waals surface area contributed by atoms with Gasteiger partial charge in [0, 0.05) is 25.2 Å². The van der Waals surface area contributed by atoms with E-state index in [0.717, 1.165) is 0 Å². The van der Waals surface area contributed by atoms with Crippen molar-refractivity contribution in [3.8, 4) is 11.5 Å². The molecule has 1 aliphatic rings. The smallest absolute Gasteiger partial charge is 0.387 e. The molecule has 1 saturated heterocycles. The Morgan fingerprint density at radius 3 is 2.56 bits per heavy atom. The molecule has 1 N–H and O–H groups in total. The maximum atomic E-state index is 13.1. The number of hydrogen-bond donors (Lipinski definition) is 1. The van der Waals surface area contributed by atoms with Crippen molar-refractivity contribution in [3.63, 3.8) is 0 Å². The van der Waals surface area contributed by atoms with Gasteiger partial charge in [0.2, 0.25) is 15.9 Å². The fraction of sp³-hybridized carbons (Fsp3) is 0.381. The highest BCUT2D eigenvalue weighted by Gasteiger charge is 2.29. The van der Waals surface area contributed by atoms with Gasteiger partial charge >= 0.3 is 6.61 Å². The van der Waals surface area contributed by atoms with Crippen LogP contribution >= 0.6 is 0 Å². The van der Waals surface area contributed by atoms with E-state index in [2.05, 4.69) is 10.1 Å². The van der Waals surface area contributed by atoms with Crippen LogP contribution < -0.4 is 14.8 Å². The molecular weight excluding hydrogens is 446 g/mol. The molecule has 8 nitrogen and oxygen atoms in total. The van der Waals surface area contributed by atoms with Gasteiger partial charge in [-0.05, 0) is 23.8 Å². The van der Waals surface area contributed by atoms with Gasteiger partial charge in [0.25, 0.3) is 0 Å². The SMILES string of the molecule is COc1ccc(CC(=O)NCc2ccccc2OC(F)F)cc1S(=O)(=O)N1CCOCC1. The molecule has 0 unspecified atom stereocenters. The third kappa shape index (κ3) is 5.93. The molecule has 2 aromatic rings. The van der Waals surface area contributed by atoms with Crippen molar-refractivity contribution in [1.82, 2.24) is 9.62 Å². The van der Waals surface area contributed by atoms with Crippen LogP contribution in [0.5, 0.6) is 11.5 Å². The average molecular weight is 470 g/mol. The lowest BCUT2D eigenvalue weighted by Crippen LogP contribution is -2.40. The number of para-hydroxylation sites is 1. The first kappa shape index (κ1) is 23.9. The summed E-state index contributed by atoms with van der Waals surface area (Å²) in [4.78, 5) is 12.4. The van der Waals surface area contributed by atoms with Crippen molar-refractivity contribution in [2.45, 2.75) is 24.5 Å². The van der Waals surface area contributed by atoms with Crippen LogP contribution in [-0.4, -0.2) is 58.7 Å².